The first-order chi connectivity index (χ1) is 29.3. The fourth-order valence-corrected chi connectivity index (χ4v) is 9.12. The van der Waals surface area contributed by atoms with E-state index >= 15 is 0 Å². The first kappa shape index (κ1) is 34.6. The summed E-state index contributed by atoms with van der Waals surface area (Å²) in [4.78, 5) is 0. The Kier molecular flexibility index (Phi) is 8.27. The van der Waals surface area contributed by atoms with Crippen molar-refractivity contribution in [1.29, 1.82) is 0 Å². The van der Waals surface area contributed by atoms with Crippen molar-refractivity contribution in [1.82, 2.24) is 9.13 Å². The van der Waals surface area contributed by atoms with Crippen molar-refractivity contribution in [3.05, 3.63) is 206 Å². The highest BCUT2D eigenvalue weighted by atomic mass is 16.5. The monoisotopic (exact) mass is 756 g/mol. The standard InChI is InChI=1S/C54H34N2O.C2H6/c1-3-15-35(16-4-1)40-30-41(36-17-5-2-6-18-36)32-42(31-40)38-20-13-19-37(29-38)39-21-14-22-43(33-39)55-46-25-9-7-23-44(46)52-49(55)34-51-54-53(52)45-24-8-10-26-47(45)56(54)48-27-11-12-28-50(48)57-51;1-2/h1-34H;1-2H3. The van der Waals surface area contributed by atoms with Gasteiger partial charge < -0.3 is 13.9 Å². The first-order valence-corrected chi connectivity index (χ1v) is 20.5. The van der Waals surface area contributed by atoms with Crippen LogP contribution in [0.25, 0.3) is 99.5 Å². The lowest BCUT2D eigenvalue weighted by Crippen LogP contribution is -2.04. The Balaban J connectivity index is 0.00000196. The molecule has 0 saturated heterocycles. The van der Waals surface area contributed by atoms with Gasteiger partial charge in [0.25, 0.3) is 0 Å². The predicted octanol–water partition coefficient (Wildman–Crippen LogP) is 15.7. The molecule has 0 unspecified atom stereocenters. The lowest BCUT2D eigenvalue weighted by atomic mass is 9.92. The van der Waals surface area contributed by atoms with Gasteiger partial charge in [-0.15, -0.1) is 0 Å². The normalized spacial score (nSPS) is 11.7. The number of aromatic nitrogens is 2. The zero-order chi connectivity index (χ0) is 39.5. The maximum Gasteiger partial charge on any atom is 0.154 e. The molecule has 59 heavy (non-hydrogen) atoms. The van der Waals surface area contributed by atoms with Crippen molar-refractivity contribution in [2.75, 3.05) is 0 Å². The molecule has 1 aliphatic rings. The lowest BCUT2D eigenvalue weighted by Gasteiger charge is -2.21. The summed E-state index contributed by atoms with van der Waals surface area (Å²) < 4.78 is 11.6. The molecular formula is C56H40N2O. The van der Waals surface area contributed by atoms with E-state index in [0.717, 1.165) is 45.0 Å². The number of fused-ring (bicyclic) bond motifs is 9. The molecule has 0 fully saturated rings. The first-order valence-electron chi connectivity index (χ1n) is 20.5. The maximum absolute atomic E-state index is 6.76. The van der Waals surface area contributed by atoms with Gasteiger partial charge in [0.2, 0.25) is 0 Å². The maximum atomic E-state index is 6.76. The number of ether oxygens (including phenoxy) is 1. The van der Waals surface area contributed by atoms with Gasteiger partial charge >= 0.3 is 0 Å². The van der Waals surface area contributed by atoms with Gasteiger partial charge in [0.05, 0.1) is 27.8 Å². The molecule has 3 nitrogen and oxygen atoms in total. The van der Waals surface area contributed by atoms with Crippen LogP contribution in [-0.4, -0.2) is 9.13 Å². The molecule has 0 saturated carbocycles. The Morgan fingerprint density at radius 1 is 0.322 bits per heavy atom. The van der Waals surface area contributed by atoms with Crippen molar-refractivity contribution in [2.45, 2.75) is 13.8 Å². The van der Waals surface area contributed by atoms with Gasteiger partial charge in [-0.05, 0) is 105 Å². The molecule has 0 bridgehead atoms. The molecule has 2 aromatic heterocycles. The van der Waals surface area contributed by atoms with E-state index in [-0.39, 0.29) is 0 Å². The van der Waals surface area contributed by atoms with Gasteiger partial charge in [-0.1, -0.05) is 153 Å². The van der Waals surface area contributed by atoms with Gasteiger partial charge in [0, 0.05) is 33.3 Å². The molecular weight excluding hydrogens is 717 g/mol. The third kappa shape index (κ3) is 5.58. The SMILES string of the molecule is CC.c1ccc(-c2cc(-c3ccccc3)cc(-c3cccc(-c4cccc(-n5c6ccccc6c6c7c8ccccc8n8c7c(cc65)Oc5ccccc5-8)c4)c3)c2)cc1. The van der Waals surface area contributed by atoms with E-state index in [4.69, 9.17) is 4.74 Å². The van der Waals surface area contributed by atoms with Crippen LogP contribution in [0.1, 0.15) is 13.8 Å². The van der Waals surface area contributed by atoms with Crippen molar-refractivity contribution < 1.29 is 4.74 Å². The van der Waals surface area contributed by atoms with E-state index in [1.807, 2.05) is 19.9 Å². The highest BCUT2D eigenvalue weighted by molar-refractivity contribution is 6.30. The molecule has 9 aromatic carbocycles. The number of benzene rings is 9. The summed E-state index contributed by atoms with van der Waals surface area (Å²) >= 11 is 0. The summed E-state index contributed by atoms with van der Waals surface area (Å²) in [6, 6.07) is 74.4. The number of nitrogens with zero attached hydrogens (tertiary/aromatic N) is 2. The average Bonchev–Trinajstić information content (AvgIpc) is 3.84. The van der Waals surface area contributed by atoms with Crippen LogP contribution in [-0.2, 0) is 0 Å². The minimum atomic E-state index is 0.863. The summed E-state index contributed by atoms with van der Waals surface area (Å²) in [5, 5.41) is 4.90. The molecule has 1 aliphatic heterocycles. The molecule has 0 atom stereocenters. The Hall–Kier alpha value is -7.62. The van der Waals surface area contributed by atoms with Gasteiger partial charge in [-0.3, -0.25) is 0 Å². The Labute approximate surface area is 343 Å². The van der Waals surface area contributed by atoms with Crippen LogP contribution in [0.2, 0.25) is 0 Å². The molecule has 0 N–H and O–H groups in total. The molecule has 0 radical (unpaired) electrons. The molecule has 280 valence electrons. The van der Waals surface area contributed by atoms with Gasteiger partial charge in [0.15, 0.2) is 11.5 Å². The summed E-state index contributed by atoms with van der Waals surface area (Å²) in [5.41, 5.74) is 16.3. The molecule has 12 rings (SSSR count). The Morgan fingerprint density at radius 3 is 1.47 bits per heavy atom. The van der Waals surface area contributed by atoms with E-state index in [9.17, 15) is 0 Å². The number of para-hydroxylation sites is 4. The number of rotatable bonds is 5. The van der Waals surface area contributed by atoms with E-state index in [1.54, 1.807) is 0 Å². The van der Waals surface area contributed by atoms with E-state index < -0.39 is 0 Å². The quantitative estimate of drug-likeness (QED) is 0.171. The zero-order valence-electron chi connectivity index (χ0n) is 32.9. The van der Waals surface area contributed by atoms with Gasteiger partial charge in [0.1, 0.15) is 0 Å². The summed E-state index contributed by atoms with van der Waals surface area (Å²) in [6.07, 6.45) is 0. The topological polar surface area (TPSA) is 19.1 Å². The van der Waals surface area contributed by atoms with Crippen LogP contribution in [0.4, 0.5) is 0 Å². The Bertz CT molecular complexity index is 3310. The van der Waals surface area contributed by atoms with Crippen LogP contribution < -0.4 is 4.74 Å². The lowest BCUT2D eigenvalue weighted by molar-refractivity contribution is 0.477. The van der Waals surface area contributed by atoms with E-state index in [1.165, 1.54) is 66.0 Å². The van der Waals surface area contributed by atoms with Crippen molar-refractivity contribution in [2.24, 2.45) is 0 Å². The van der Waals surface area contributed by atoms with E-state index in [2.05, 4.69) is 209 Å². The average molecular weight is 757 g/mol. The number of hydrogen-bond acceptors (Lipinski definition) is 1. The molecule has 11 aromatic rings. The summed E-state index contributed by atoms with van der Waals surface area (Å²) in [7, 11) is 0. The largest absolute Gasteiger partial charge is 0.453 e. The zero-order valence-corrected chi connectivity index (χ0v) is 32.9. The van der Waals surface area contributed by atoms with Gasteiger partial charge in [-0.25, -0.2) is 0 Å². The minimum absolute atomic E-state index is 0.863. The second-order valence-corrected chi connectivity index (χ2v) is 14.9. The molecule has 3 heterocycles. The predicted molar refractivity (Wildman–Crippen MR) is 248 cm³/mol. The van der Waals surface area contributed by atoms with Gasteiger partial charge in [-0.2, -0.15) is 0 Å². The third-order valence-electron chi connectivity index (χ3n) is 11.6. The fourth-order valence-electron chi connectivity index (χ4n) is 9.12. The summed E-state index contributed by atoms with van der Waals surface area (Å²) in [5.74, 6) is 1.73. The number of hydrogen-bond donors (Lipinski definition) is 0. The highest BCUT2D eigenvalue weighted by Gasteiger charge is 2.28. The van der Waals surface area contributed by atoms with Crippen LogP contribution in [0.15, 0.2) is 206 Å². The molecule has 0 amide bonds. The van der Waals surface area contributed by atoms with Crippen LogP contribution in [0, 0.1) is 0 Å². The van der Waals surface area contributed by atoms with Crippen molar-refractivity contribution in [3.8, 4) is 67.4 Å². The molecule has 0 aliphatic carbocycles. The fraction of sp³-hybridized carbons (Fsp3) is 0.0357. The summed E-state index contributed by atoms with van der Waals surface area (Å²) in [6.45, 7) is 4.00. The highest BCUT2D eigenvalue weighted by Crippen LogP contribution is 2.50. The second-order valence-electron chi connectivity index (χ2n) is 14.9. The van der Waals surface area contributed by atoms with E-state index in [0.29, 0.717) is 0 Å². The molecule has 3 heteroatoms. The van der Waals surface area contributed by atoms with Crippen molar-refractivity contribution in [3.63, 3.8) is 0 Å². The van der Waals surface area contributed by atoms with Crippen molar-refractivity contribution >= 4 is 43.6 Å². The third-order valence-corrected chi connectivity index (χ3v) is 11.6. The van der Waals surface area contributed by atoms with Crippen LogP contribution in [0.3, 0.4) is 0 Å². The second kappa shape index (κ2) is 14.1. The van der Waals surface area contributed by atoms with Crippen LogP contribution >= 0.6 is 0 Å². The minimum Gasteiger partial charge on any atom is -0.453 e. The van der Waals surface area contributed by atoms with Crippen LogP contribution in [0.5, 0.6) is 11.5 Å². The Morgan fingerprint density at radius 2 is 0.797 bits per heavy atom. The smallest absolute Gasteiger partial charge is 0.154 e. The molecule has 0 spiro atoms.